The van der Waals surface area contributed by atoms with Crippen molar-refractivity contribution in [2.45, 2.75) is 6.41 Å². The maximum Gasteiger partial charge on any atom is 0.236 e. The second kappa shape index (κ2) is 3.59. The van der Waals surface area contributed by atoms with E-state index in [1.165, 1.54) is 7.11 Å². The van der Waals surface area contributed by atoms with Crippen molar-refractivity contribution in [2.75, 3.05) is 7.11 Å². The van der Waals surface area contributed by atoms with E-state index >= 15 is 0 Å². The highest BCUT2D eigenvalue weighted by atomic mass is 32.1. The minimum absolute atomic E-state index is 0.0133. The van der Waals surface area contributed by atoms with E-state index in [0.29, 0.717) is 0 Å². The number of aliphatic hydroxyl groups is 1. The summed E-state index contributed by atoms with van der Waals surface area (Å²) in [6.45, 7) is 0. The number of nitrogens with two attached hydrogens (primary N) is 1. The van der Waals surface area contributed by atoms with E-state index in [4.69, 9.17) is 10.8 Å². The van der Waals surface area contributed by atoms with Crippen molar-refractivity contribution in [2.24, 2.45) is 5.73 Å². The Kier molecular flexibility index (Phi) is 3.42. The second-order valence-electron chi connectivity index (χ2n) is 1.10. The summed E-state index contributed by atoms with van der Waals surface area (Å²) < 4.78 is 4.34. The fourth-order valence-corrected chi connectivity index (χ4v) is 0.281. The van der Waals surface area contributed by atoms with Crippen molar-refractivity contribution in [1.29, 1.82) is 0 Å². The highest BCUT2D eigenvalue weighted by Crippen LogP contribution is 1.72. The average Bonchev–Trinajstić information content (AvgIpc) is 1.65. The van der Waals surface area contributed by atoms with Gasteiger partial charge in [0, 0.05) is 7.11 Å². The molecule has 0 radical (unpaired) electrons. The highest BCUT2D eigenvalue weighted by molar-refractivity contribution is 7.80. The molecule has 0 spiro atoms. The molecule has 4 N–H and O–H groups in total. The Morgan fingerprint density at radius 3 is 2.62 bits per heavy atom. The van der Waals surface area contributed by atoms with Gasteiger partial charge in [-0.15, -0.1) is 0 Å². The Morgan fingerprint density at radius 1 is 2.00 bits per heavy atom. The number of nitrogens with one attached hydrogen (secondary N) is 1. The average molecular weight is 136 g/mol. The lowest BCUT2D eigenvalue weighted by molar-refractivity contribution is -0.0833. The highest BCUT2D eigenvalue weighted by Gasteiger charge is 1.96. The molecule has 0 saturated heterocycles. The molecular weight excluding hydrogens is 128 g/mol. The number of rotatable bonds is 2. The fourth-order valence-electron chi connectivity index (χ4n) is 0.181. The molecule has 1 unspecified atom stereocenters. The molecule has 0 bridgehead atoms. The van der Waals surface area contributed by atoms with Crippen LogP contribution in [0.5, 0.6) is 0 Å². The smallest absolute Gasteiger partial charge is 0.236 e. The van der Waals surface area contributed by atoms with Gasteiger partial charge in [0.25, 0.3) is 0 Å². The first kappa shape index (κ1) is 7.61. The van der Waals surface area contributed by atoms with E-state index in [-0.39, 0.29) is 5.11 Å². The molecule has 0 fully saturated rings. The largest absolute Gasteiger partial charge is 0.376 e. The van der Waals surface area contributed by atoms with Crippen LogP contribution in [0.1, 0.15) is 0 Å². The van der Waals surface area contributed by atoms with Crippen molar-refractivity contribution < 1.29 is 9.84 Å². The van der Waals surface area contributed by atoms with Crippen molar-refractivity contribution in [3.8, 4) is 0 Å². The molecule has 0 saturated carbocycles. The molecule has 0 aliphatic carbocycles. The zero-order valence-corrected chi connectivity index (χ0v) is 5.23. The molecule has 0 aliphatic heterocycles. The van der Waals surface area contributed by atoms with Crippen LogP contribution in [0.25, 0.3) is 0 Å². The molecule has 8 heavy (non-hydrogen) atoms. The van der Waals surface area contributed by atoms with Gasteiger partial charge in [0.1, 0.15) is 0 Å². The molecule has 0 aromatic heterocycles. The molecule has 1 atom stereocenters. The van der Waals surface area contributed by atoms with Crippen LogP contribution in [0.2, 0.25) is 0 Å². The summed E-state index contributed by atoms with van der Waals surface area (Å²) in [5.74, 6) is 0. The van der Waals surface area contributed by atoms with Crippen LogP contribution in [0.15, 0.2) is 0 Å². The van der Waals surface area contributed by atoms with Gasteiger partial charge in [-0.1, -0.05) is 0 Å². The fraction of sp³-hybridized carbons (Fsp3) is 0.667. The van der Waals surface area contributed by atoms with Crippen LogP contribution in [0.4, 0.5) is 0 Å². The van der Waals surface area contributed by atoms with Gasteiger partial charge in [0.05, 0.1) is 0 Å². The third kappa shape index (κ3) is 3.79. The van der Waals surface area contributed by atoms with Crippen molar-refractivity contribution >= 4 is 17.3 Å². The predicted molar refractivity (Wildman–Crippen MR) is 32.9 cm³/mol. The third-order valence-electron chi connectivity index (χ3n) is 0.489. The molecule has 48 valence electrons. The first-order valence-corrected chi connectivity index (χ1v) is 2.34. The van der Waals surface area contributed by atoms with Gasteiger partial charge in [-0.3, -0.25) is 0 Å². The maximum atomic E-state index is 8.53. The second-order valence-corrected chi connectivity index (χ2v) is 1.54. The monoisotopic (exact) mass is 136 g/mol. The topological polar surface area (TPSA) is 67.5 Å². The van der Waals surface area contributed by atoms with Crippen molar-refractivity contribution in [1.82, 2.24) is 5.32 Å². The van der Waals surface area contributed by atoms with E-state index in [2.05, 4.69) is 22.3 Å². The first-order valence-electron chi connectivity index (χ1n) is 1.93. The van der Waals surface area contributed by atoms with E-state index < -0.39 is 6.41 Å². The summed E-state index contributed by atoms with van der Waals surface area (Å²) in [6, 6.07) is 0. The zero-order valence-electron chi connectivity index (χ0n) is 4.42. The number of hydrogen-bond acceptors (Lipinski definition) is 3. The van der Waals surface area contributed by atoms with Gasteiger partial charge in [-0.2, -0.15) is 0 Å². The summed E-state index contributed by atoms with van der Waals surface area (Å²) in [5.41, 5.74) is 4.95. The summed E-state index contributed by atoms with van der Waals surface area (Å²) in [5, 5.41) is 10.8. The SMILES string of the molecule is COC(O)NC(N)=S. The van der Waals surface area contributed by atoms with Crippen LogP contribution >= 0.6 is 12.2 Å². The Morgan fingerprint density at radius 2 is 2.50 bits per heavy atom. The van der Waals surface area contributed by atoms with E-state index in [9.17, 15) is 0 Å². The van der Waals surface area contributed by atoms with Crippen molar-refractivity contribution in [3.63, 3.8) is 0 Å². The quantitative estimate of drug-likeness (QED) is 0.326. The Bertz CT molecular complexity index is 87.4. The van der Waals surface area contributed by atoms with Gasteiger partial charge in [0.15, 0.2) is 5.11 Å². The van der Waals surface area contributed by atoms with E-state index in [1.54, 1.807) is 0 Å². The predicted octanol–water partition coefficient (Wildman–Crippen LogP) is -1.26. The number of methoxy groups -OCH3 is 1. The molecule has 0 aromatic rings. The number of ether oxygens (including phenoxy) is 1. The molecule has 0 heterocycles. The Labute approximate surface area is 52.6 Å². The van der Waals surface area contributed by atoms with Gasteiger partial charge in [-0.25, -0.2) is 0 Å². The normalized spacial score (nSPS) is 12.8. The van der Waals surface area contributed by atoms with Gasteiger partial charge in [-0.05, 0) is 12.2 Å². The minimum Gasteiger partial charge on any atom is -0.376 e. The third-order valence-corrected chi connectivity index (χ3v) is 0.607. The lowest BCUT2D eigenvalue weighted by Crippen LogP contribution is -2.39. The van der Waals surface area contributed by atoms with Gasteiger partial charge >= 0.3 is 0 Å². The number of thiocarbonyl (C=S) groups is 1. The lowest BCUT2D eigenvalue weighted by Gasteiger charge is -2.08. The number of hydrogen-bond donors (Lipinski definition) is 3. The Balaban J connectivity index is 3.24. The summed E-state index contributed by atoms with van der Waals surface area (Å²) >= 11 is 4.36. The van der Waals surface area contributed by atoms with Crippen LogP contribution in [0.3, 0.4) is 0 Å². The number of aliphatic hydroxyl groups excluding tert-OH is 1. The molecule has 0 aromatic carbocycles. The molecular formula is C3H8N2O2S. The summed E-state index contributed by atoms with van der Waals surface area (Å²) in [7, 11) is 1.33. The maximum absolute atomic E-state index is 8.53. The van der Waals surface area contributed by atoms with E-state index in [0.717, 1.165) is 0 Å². The van der Waals surface area contributed by atoms with Gasteiger partial charge in [0.2, 0.25) is 6.41 Å². The zero-order chi connectivity index (χ0) is 6.57. The minimum atomic E-state index is -1.09. The lowest BCUT2D eigenvalue weighted by atomic mass is 11.0. The summed E-state index contributed by atoms with van der Waals surface area (Å²) in [6.07, 6.45) is -1.09. The van der Waals surface area contributed by atoms with Gasteiger partial charge < -0.3 is 20.9 Å². The van der Waals surface area contributed by atoms with Crippen LogP contribution < -0.4 is 11.1 Å². The molecule has 4 nitrogen and oxygen atoms in total. The van der Waals surface area contributed by atoms with E-state index in [1.807, 2.05) is 0 Å². The Hall–Kier alpha value is -0.390. The standard InChI is InChI=1S/C3H8N2O2S/c1-7-3(6)5-2(4)8/h3,6H,1H3,(H3,4,5,8). The van der Waals surface area contributed by atoms with Crippen LogP contribution in [-0.4, -0.2) is 23.7 Å². The molecule has 0 aliphatic rings. The summed E-state index contributed by atoms with van der Waals surface area (Å²) in [4.78, 5) is 0. The molecule has 0 rings (SSSR count). The molecule has 0 amide bonds. The molecule has 5 heteroatoms. The van der Waals surface area contributed by atoms with Crippen LogP contribution in [0, 0.1) is 0 Å². The van der Waals surface area contributed by atoms with Crippen LogP contribution in [-0.2, 0) is 4.74 Å². The van der Waals surface area contributed by atoms with Crippen molar-refractivity contribution in [3.05, 3.63) is 0 Å². The first-order chi connectivity index (χ1) is 3.66.